The predicted octanol–water partition coefficient (Wildman–Crippen LogP) is 2.29. The molecule has 18 heavy (non-hydrogen) atoms. The van der Waals surface area contributed by atoms with Crippen LogP contribution in [-0.2, 0) is 4.79 Å². The number of benzene rings is 1. The van der Waals surface area contributed by atoms with Crippen molar-refractivity contribution < 1.29 is 9.53 Å². The SMILES string of the molecule is COc1ccc(Cl)c(NC(=O)C2(C)CCNC2)c1. The summed E-state index contributed by atoms with van der Waals surface area (Å²) < 4.78 is 5.12. The van der Waals surface area contributed by atoms with Crippen LogP contribution in [0.1, 0.15) is 13.3 Å². The molecular weight excluding hydrogens is 252 g/mol. The molecule has 2 rings (SSSR count). The Morgan fingerprint density at radius 3 is 2.94 bits per heavy atom. The van der Waals surface area contributed by atoms with Crippen molar-refractivity contribution in [2.75, 3.05) is 25.5 Å². The van der Waals surface area contributed by atoms with E-state index in [9.17, 15) is 4.79 Å². The maximum absolute atomic E-state index is 12.2. The van der Waals surface area contributed by atoms with Crippen LogP contribution in [0.4, 0.5) is 5.69 Å². The van der Waals surface area contributed by atoms with Crippen LogP contribution >= 0.6 is 11.6 Å². The van der Waals surface area contributed by atoms with Gasteiger partial charge in [-0.25, -0.2) is 0 Å². The number of rotatable bonds is 3. The monoisotopic (exact) mass is 268 g/mol. The summed E-state index contributed by atoms with van der Waals surface area (Å²) in [6.07, 6.45) is 0.834. The molecule has 1 unspecified atom stereocenters. The number of hydrogen-bond acceptors (Lipinski definition) is 3. The first-order chi connectivity index (χ1) is 8.55. The van der Waals surface area contributed by atoms with Crippen LogP contribution in [-0.4, -0.2) is 26.1 Å². The third-order valence-electron chi connectivity index (χ3n) is 3.34. The summed E-state index contributed by atoms with van der Waals surface area (Å²) in [7, 11) is 1.58. The Morgan fingerprint density at radius 2 is 2.33 bits per heavy atom. The molecule has 5 heteroatoms. The lowest BCUT2D eigenvalue weighted by Crippen LogP contribution is -2.35. The molecule has 1 aliphatic heterocycles. The second kappa shape index (κ2) is 5.16. The quantitative estimate of drug-likeness (QED) is 0.884. The second-order valence-corrected chi connectivity index (χ2v) is 5.19. The molecule has 1 saturated heterocycles. The molecule has 1 amide bonds. The van der Waals surface area contributed by atoms with Gasteiger partial charge >= 0.3 is 0 Å². The van der Waals surface area contributed by atoms with Gasteiger partial charge in [0.1, 0.15) is 5.75 Å². The van der Waals surface area contributed by atoms with Gasteiger partial charge in [0, 0.05) is 12.6 Å². The molecule has 0 bridgehead atoms. The van der Waals surface area contributed by atoms with Crippen molar-refractivity contribution in [3.05, 3.63) is 23.2 Å². The molecule has 1 heterocycles. The molecule has 1 aliphatic rings. The summed E-state index contributed by atoms with van der Waals surface area (Å²) in [6, 6.07) is 5.20. The fraction of sp³-hybridized carbons (Fsp3) is 0.462. The number of carbonyl (C=O) groups excluding carboxylic acids is 1. The molecule has 0 radical (unpaired) electrons. The van der Waals surface area contributed by atoms with E-state index in [-0.39, 0.29) is 11.3 Å². The molecular formula is C13H17ClN2O2. The molecule has 0 saturated carbocycles. The first-order valence-corrected chi connectivity index (χ1v) is 6.29. The first kappa shape index (κ1) is 13.2. The Labute approximate surface area is 112 Å². The lowest BCUT2D eigenvalue weighted by atomic mass is 9.89. The fourth-order valence-corrected chi connectivity index (χ4v) is 2.18. The molecule has 1 atom stereocenters. The highest BCUT2D eigenvalue weighted by molar-refractivity contribution is 6.33. The van der Waals surface area contributed by atoms with Crippen LogP contribution in [0.15, 0.2) is 18.2 Å². The van der Waals surface area contributed by atoms with Gasteiger partial charge in [-0.2, -0.15) is 0 Å². The number of amides is 1. The van der Waals surface area contributed by atoms with Gasteiger partial charge < -0.3 is 15.4 Å². The first-order valence-electron chi connectivity index (χ1n) is 5.91. The Bertz CT molecular complexity index is 456. The lowest BCUT2D eigenvalue weighted by Gasteiger charge is -2.22. The van der Waals surface area contributed by atoms with E-state index in [1.807, 2.05) is 6.92 Å². The third-order valence-corrected chi connectivity index (χ3v) is 3.67. The van der Waals surface area contributed by atoms with Gasteiger partial charge in [0.2, 0.25) is 5.91 Å². The summed E-state index contributed by atoms with van der Waals surface area (Å²) in [6.45, 7) is 3.52. The van der Waals surface area contributed by atoms with E-state index >= 15 is 0 Å². The number of methoxy groups -OCH3 is 1. The van der Waals surface area contributed by atoms with E-state index in [4.69, 9.17) is 16.3 Å². The highest BCUT2D eigenvalue weighted by Crippen LogP contribution is 2.30. The van der Waals surface area contributed by atoms with Crippen LogP contribution in [0.25, 0.3) is 0 Å². The summed E-state index contributed by atoms with van der Waals surface area (Å²) in [5, 5.41) is 6.59. The predicted molar refractivity (Wildman–Crippen MR) is 72.2 cm³/mol. The normalized spacial score (nSPS) is 22.8. The molecule has 1 aromatic carbocycles. The van der Waals surface area contributed by atoms with Gasteiger partial charge in [0.05, 0.1) is 23.2 Å². The van der Waals surface area contributed by atoms with E-state index < -0.39 is 0 Å². The molecule has 0 spiro atoms. The van der Waals surface area contributed by atoms with Crippen LogP contribution < -0.4 is 15.4 Å². The highest BCUT2D eigenvalue weighted by Gasteiger charge is 2.36. The Kier molecular flexibility index (Phi) is 3.78. The fourth-order valence-electron chi connectivity index (χ4n) is 2.01. The average molecular weight is 269 g/mol. The van der Waals surface area contributed by atoms with E-state index in [0.717, 1.165) is 13.0 Å². The summed E-state index contributed by atoms with van der Waals surface area (Å²) >= 11 is 6.06. The van der Waals surface area contributed by atoms with Crippen LogP contribution in [0.2, 0.25) is 5.02 Å². The van der Waals surface area contributed by atoms with E-state index in [2.05, 4.69) is 10.6 Å². The molecule has 2 N–H and O–H groups in total. The standard InChI is InChI=1S/C13H17ClN2O2/c1-13(5-6-15-8-13)12(17)16-11-7-9(18-2)3-4-10(11)14/h3-4,7,15H,5-6,8H2,1-2H3,(H,16,17). The Morgan fingerprint density at radius 1 is 1.56 bits per heavy atom. The third kappa shape index (κ3) is 2.60. The van der Waals surface area contributed by atoms with E-state index in [1.165, 1.54) is 0 Å². The second-order valence-electron chi connectivity index (χ2n) is 4.79. The van der Waals surface area contributed by atoms with Gasteiger partial charge in [-0.3, -0.25) is 4.79 Å². The number of anilines is 1. The summed E-state index contributed by atoms with van der Waals surface area (Å²) in [5.74, 6) is 0.659. The maximum atomic E-state index is 12.2. The van der Waals surface area contributed by atoms with Gasteiger partial charge in [-0.05, 0) is 32.0 Å². The number of halogens is 1. The Hall–Kier alpha value is -1.26. The number of ether oxygens (including phenoxy) is 1. The Balaban J connectivity index is 2.16. The molecule has 98 valence electrons. The lowest BCUT2D eigenvalue weighted by molar-refractivity contribution is -0.123. The topological polar surface area (TPSA) is 50.4 Å². The van der Waals surface area contributed by atoms with Crippen molar-refractivity contribution >= 4 is 23.2 Å². The van der Waals surface area contributed by atoms with Gasteiger partial charge in [0.15, 0.2) is 0 Å². The largest absolute Gasteiger partial charge is 0.497 e. The van der Waals surface area contributed by atoms with Crippen molar-refractivity contribution in [2.24, 2.45) is 5.41 Å². The molecule has 4 nitrogen and oxygen atoms in total. The van der Waals surface area contributed by atoms with Crippen molar-refractivity contribution in [3.8, 4) is 5.75 Å². The van der Waals surface area contributed by atoms with Crippen LogP contribution in [0, 0.1) is 5.41 Å². The number of hydrogen-bond donors (Lipinski definition) is 2. The maximum Gasteiger partial charge on any atom is 0.231 e. The summed E-state index contributed by atoms with van der Waals surface area (Å²) in [5.41, 5.74) is 0.223. The molecule has 0 aliphatic carbocycles. The number of nitrogens with one attached hydrogen (secondary N) is 2. The van der Waals surface area contributed by atoms with Crippen LogP contribution in [0.3, 0.4) is 0 Å². The highest BCUT2D eigenvalue weighted by atomic mass is 35.5. The zero-order valence-corrected chi connectivity index (χ0v) is 11.3. The van der Waals surface area contributed by atoms with Crippen molar-refractivity contribution in [1.82, 2.24) is 5.32 Å². The average Bonchev–Trinajstić information content (AvgIpc) is 2.80. The molecule has 1 fully saturated rings. The minimum Gasteiger partial charge on any atom is -0.497 e. The molecule has 1 aromatic rings. The van der Waals surface area contributed by atoms with Crippen LogP contribution in [0.5, 0.6) is 5.75 Å². The van der Waals surface area contributed by atoms with Gasteiger partial charge in [-0.15, -0.1) is 0 Å². The van der Waals surface area contributed by atoms with E-state index in [1.54, 1.807) is 25.3 Å². The van der Waals surface area contributed by atoms with Gasteiger partial charge in [0.25, 0.3) is 0 Å². The van der Waals surface area contributed by atoms with Crippen molar-refractivity contribution in [2.45, 2.75) is 13.3 Å². The van der Waals surface area contributed by atoms with Gasteiger partial charge in [-0.1, -0.05) is 11.6 Å². The zero-order valence-electron chi connectivity index (χ0n) is 10.5. The molecule has 0 aromatic heterocycles. The van der Waals surface area contributed by atoms with E-state index in [0.29, 0.717) is 23.0 Å². The van der Waals surface area contributed by atoms with Crippen molar-refractivity contribution in [3.63, 3.8) is 0 Å². The smallest absolute Gasteiger partial charge is 0.231 e. The zero-order chi connectivity index (χ0) is 13.2. The van der Waals surface area contributed by atoms with Crippen molar-refractivity contribution in [1.29, 1.82) is 0 Å². The summed E-state index contributed by atoms with van der Waals surface area (Å²) in [4.78, 5) is 12.2. The minimum atomic E-state index is -0.369. The number of carbonyl (C=O) groups is 1. The minimum absolute atomic E-state index is 0.0114.